The molecule has 0 aliphatic rings. The molecule has 0 saturated carbocycles. The van der Waals surface area contributed by atoms with E-state index in [1.165, 1.54) is 11.1 Å². The van der Waals surface area contributed by atoms with Crippen LogP contribution in [0.25, 0.3) is 0 Å². The van der Waals surface area contributed by atoms with Gasteiger partial charge in [-0.2, -0.15) is 0 Å². The lowest BCUT2D eigenvalue weighted by atomic mass is 9.88. The van der Waals surface area contributed by atoms with Crippen molar-refractivity contribution in [3.8, 4) is 0 Å². The van der Waals surface area contributed by atoms with Gasteiger partial charge in [0.1, 0.15) is 5.60 Å². The van der Waals surface area contributed by atoms with Crippen LogP contribution in [0.2, 0.25) is 0 Å². The van der Waals surface area contributed by atoms with Crippen LogP contribution >= 0.6 is 0 Å². The molecule has 134 valence electrons. The summed E-state index contributed by atoms with van der Waals surface area (Å²) in [5.41, 5.74) is 2.23. The number of ether oxygens (including phenoxy) is 1. The van der Waals surface area contributed by atoms with Crippen molar-refractivity contribution in [1.29, 1.82) is 0 Å². The van der Waals surface area contributed by atoms with Gasteiger partial charge in [-0.05, 0) is 44.9 Å². The third kappa shape index (κ3) is 7.10. The summed E-state index contributed by atoms with van der Waals surface area (Å²) in [6.45, 7) is 7.18. The summed E-state index contributed by atoms with van der Waals surface area (Å²) >= 11 is 0. The quantitative estimate of drug-likeness (QED) is 0.567. The number of carbonyl (C=O) groups excluding carboxylic acids is 1. The zero-order valence-corrected chi connectivity index (χ0v) is 15.5. The van der Waals surface area contributed by atoms with Gasteiger partial charge < -0.3 is 10.1 Å². The van der Waals surface area contributed by atoms with Crippen molar-refractivity contribution < 1.29 is 9.53 Å². The summed E-state index contributed by atoms with van der Waals surface area (Å²) in [6.07, 6.45) is 1.39. The van der Waals surface area contributed by atoms with E-state index >= 15 is 0 Å². The second-order valence-electron chi connectivity index (χ2n) is 7.25. The molecule has 3 heteroatoms. The molecule has 0 heterocycles. The minimum Gasteiger partial charge on any atom is -0.460 e. The Morgan fingerprint density at radius 3 is 1.92 bits per heavy atom. The predicted molar refractivity (Wildman–Crippen MR) is 103 cm³/mol. The SMILES string of the molecule is CC(C)(C)OC(=O)CCNCCC(c1ccccc1)c1ccccc1. The highest BCUT2D eigenvalue weighted by Gasteiger charge is 2.16. The molecule has 0 fully saturated rings. The number of hydrogen-bond acceptors (Lipinski definition) is 3. The summed E-state index contributed by atoms with van der Waals surface area (Å²) in [7, 11) is 0. The molecular weight excluding hydrogens is 310 g/mol. The number of hydrogen-bond donors (Lipinski definition) is 1. The van der Waals surface area contributed by atoms with Crippen LogP contribution in [0.4, 0.5) is 0 Å². The first-order chi connectivity index (χ1) is 12.0. The van der Waals surface area contributed by atoms with E-state index in [-0.39, 0.29) is 5.97 Å². The molecule has 25 heavy (non-hydrogen) atoms. The molecule has 3 nitrogen and oxygen atoms in total. The van der Waals surface area contributed by atoms with Crippen LogP contribution in [0.3, 0.4) is 0 Å². The van der Waals surface area contributed by atoms with Gasteiger partial charge in [-0.15, -0.1) is 0 Å². The molecule has 2 rings (SSSR count). The number of benzene rings is 2. The highest BCUT2D eigenvalue weighted by atomic mass is 16.6. The Labute approximate surface area is 151 Å². The summed E-state index contributed by atoms with van der Waals surface area (Å²) in [6, 6.07) is 21.1. The Morgan fingerprint density at radius 2 is 1.44 bits per heavy atom. The fourth-order valence-corrected chi connectivity index (χ4v) is 2.85. The normalized spacial score (nSPS) is 11.5. The molecule has 0 radical (unpaired) electrons. The molecule has 0 aromatic heterocycles. The van der Waals surface area contributed by atoms with Gasteiger partial charge >= 0.3 is 5.97 Å². The van der Waals surface area contributed by atoms with Crippen LogP contribution in [0.1, 0.15) is 50.7 Å². The van der Waals surface area contributed by atoms with Crippen molar-refractivity contribution in [2.75, 3.05) is 13.1 Å². The van der Waals surface area contributed by atoms with Crippen molar-refractivity contribution in [2.24, 2.45) is 0 Å². The molecule has 2 aromatic carbocycles. The average molecular weight is 339 g/mol. The van der Waals surface area contributed by atoms with Gasteiger partial charge in [0, 0.05) is 12.5 Å². The molecular formula is C22H29NO2. The average Bonchev–Trinajstić information content (AvgIpc) is 2.58. The second kappa shape index (κ2) is 9.38. The van der Waals surface area contributed by atoms with Gasteiger partial charge in [0.25, 0.3) is 0 Å². The lowest BCUT2D eigenvalue weighted by molar-refractivity contribution is -0.154. The largest absolute Gasteiger partial charge is 0.460 e. The van der Waals surface area contributed by atoms with Gasteiger partial charge in [0.15, 0.2) is 0 Å². The van der Waals surface area contributed by atoms with E-state index in [1.807, 2.05) is 32.9 Å². The number of nitrogens with one attached hydrogen (secondary N) is 1. The minimum atomic E-state index is -0.414. The van der Waals surface area contributed by atoms with Crippen molar-refractivity contribution in [3.05, 3.63) is 71.8 Å². The summed E-state index contributed by atoms with van der Waals surface area (Å²) in [4.78, 5) is 11.7. The first-order valence-corrected chi connectivity index (χ1v) is 8.98. The number of rotatable bonds is 8. The topological polar surface area (TPSA) is 38.3 Å². The fourth-order valence-electron chi connectivity index (χ4n) is 2.85. The van der Waals surface area contributed by atoms with E-state index < -0.39 is 5.60 Å². The molecule has 0 aliphatic heterocycles. The van der Waals surface area contributed by atoms with Crippen LogP contribution in [0, 0.1) is 0 Å². The summed E-state index contributed by atoms with van der Waals surface area (Å²) in [5.74, 6) is 0.207. The molecule has 0 spiro atoms. The fraction of sp³-hybridized carbons (Fsp3) is 0.409. The number of esters is 1. The highest BCUT2D eigenvalue weighted by Crippen LogP contribution is 2.27. The highest BCUT2D eigenvalue weighted by molar-refractivity contribution is 5.70. The summed E-state index contributed by atoms with van der Waals surface area (Å²) in [5, 5.41) is 3.37. The Kier molecular flexibility index (Phi) is 7.20. The molecule has 0 bridgehead atoms. The minimum absolute atomic E-state index is 0.150. The van der Waals surface area contributed by atoms with E-state index in [9.17, 15) is 4.79 Å². The van der Waals surface area contributed by atoms with Crippen LogP contribution in [-0.2, 0) is 9.53 Å². The maximum Gasteiger partial charge on any atom is 0.307 e. The van der Waals surface area contributed by atoms with Crippen molar-refractivity contribution >= 4 is 5.97 Å². The monoisotopic (exact) mass is 339 g/mol. The molecule has 0 atom stereocenters. The maximum atomic E-state index is 11.7. The Bertz CT molecular complexity index is 593. The third-order valence-corrected chi connectivity index (χ3v) is 3.94. The molecule has 0 unspecified atom stereocenters. The second-order valence-corrected chi connectivity index (χ2v) is 7.25. The summed E-state index contributed by atoms with van der Waals surface area (Å²) < 4.78 is 5.33. The van der Waals surface area contributed by atoms with Crippen LogP contribution < -0.4 is 5.32 Å². The van der Waals surface area contributed by atoms with Crippen molar-refractivity contribution in [2.45, 2.75) is 45.1 Å². The lowest BCUT2D eigenvalue weighted by Gasteiger charge is -2.20. The molecule has 0 amide bonds. The third-order valence-electron chi connectivity index (χ3n) is 3.94. The van der Waals surface area contributed by atoms with Gasteiger partial charge in [-0.3, -0.25) is 4.79 Å². The van der Waals surface area contributed by atoms with Crippen LogP contribution in [-0.4, -0.2) is 24.7 Å². The Balaban J connectivity index is 1.84. The Morgan fingerprint density at radius 1 is 0.920 bits per heavy atom. The van der Waals surface area contributed by atoms with Gasteiger partial charge in [-0.1, -0.05) is 60.7 Å². The Hall–Kier alpha value is -2.13. The van der Waals surface area contributed by atoms with E-state index in [0.29, 0.717) is 18.9 Å². The molecule has 0 saturated heterocycles. The standard InChI is InChI=1S/C22H29NO2/c1-22(2,3)25-21(24)15-17-23-16-14-20(18-10-6-4-7-11-18)19-12-8-5-9-13-19/h4-13,20,23H,14-17H2,1-3H3. The molecule has 1 N–H and O–H groups in total. The van der Waals surface area contributed by atoms with Crippen molar-refractivity contribution in [3.63, 3.8) is 0 Å². The zero-order valence-electron chi connectivity index (χ0n) is 15.5. The van der Waals surface area contributed by atoms with Gasteiger partial charge in [-0.25, -0.2) is 0 Å². The zero-order chi connectivity index (χ0) is 18.1. The van der Waals surface area contributed by atoms with E-state index in [1.54, 1.807) is 0 Å². The first kappa shape index (κ1) is 19.2. The van der Waals surface area contributed by atoms with E-state index in [0.717, 1.165) is 13.0 Å². The van der Waals surface area contributed by atoms with E-state index in [2.05, 4.69) is 53.8 Å². The maximum absolute atomic E-state index is 11.7. The number of carbonyl (C=O) groups is 1. The molecule has 2 aromatic rings. The smallest absolute Gasteiger partial charge is 0.307 e. The lowest BCUT2D eigenvalue weighted by Crippen LogP contribution is -2.27. The van der Waals surface area contributed by atoms with Gasteiger partial charge in [0.05, 0.1) is 6.42 Å². The van der Waals surface area contributed by atoms with Crippen LogP contribution in [0.15, 0.2) is 60.7 Å². The van der Waals surface area contributed by atoms with Crippen molar-refractivity contribution in [1.82, 2.24) is 5.32 Å². The predicted octanol–water partition coefficient (Wildman–Crippen LogP) is 4.53. The van der Waals surface area contributed by atoms with E-state index in [4.69, 9.17) is 4.74 Å². The van der Waals surface area contributed by atoms with Gasteiger partial charge in [0.2, 0.25) is 0 Å². The van der Waals surface area contributed by atoms with Crippen LogP contribution in [0.5, 0.6) is 0 Å². The first-order valence-electron chi connectivity index (χ1n) is 8.98. The molecule has 0 aliphatic carbocycles.